The maximum absolute atomic E-state index is 3.99. The van der Waals surface area contributed by atoms with E-state index in [4.69, 9.17) is 0 Å². The van der Waals surface area contributed by atoms with Gasteiger partial charge in [0.2, 0.25) is 0 Å². The lowest BCUT2D eigenvalue weighted by Gasteiger charge is -2.06. The minimum Gasteiger partial charge on any atom is -0.339 e. The standard InChI is InChI=1S/C13H15N3/c1-10-5-6-12(9-11(2)8-10)15-13-4-3-7-14-16-13/h3-9,11H,1-2H3,(H,15,16). The molecule has 3 nitrogen and oxygen atoms in total. The smallest absolute Gasteiger partial charge is 0.153 e. The maximum Gasteiger partial charge on any atom is 0.153 e. The molecule has 0 aliphatic heterocycles. The van der Waals surface area contributed by atoms with Crippen LogP contribution in [0.4, 0.5) is 5.82 Å². The summed E-state index contributed by atoms with van der Waals surface area (Å²) in [5.74, 6) is 1.19. The van der Waals surface area contributed by atoms with Crippen molar-refractivity contribution >= 4 is 5.82 Å². The van der Waals surface area contributed by atoms with E-state index in [0.717, 1.165) is 11.5 Å². The van der Waals surface area contributed by atoms with Crippen molar-refractivity contribution in [2.75, 3.05) is 5.32 Å². The Labute approximate surface area is 95.6 Å². The van der Waals surface area contributed by atoms with Crippen LogP contribution >= 0.6 is 0 Å². The van der Waals surface area contributed by atoms with Gasteiger partial charge < -0.3 is 5.32 Å². The molecule has 0 fully saturated rings. The molecule has 1 aliphatic rings. The van der Waals surface area contributed by atoms with Gasteiger partial charge in [0.1, 0.15) is 0 Å². The molecule has 0 amide bonds. The van der Waals surface area contributed by atoms with Gasteiger partial charge in [0.15, 0.2) is 5.82 Å². The number of anilines is 1. The van der Waals surface area contributed by atoms with Crippen molar-refractivity contribution in [2.45, 2.75) is 13.8 Å². The van der Waals surface area contributed by atoms with Crippen molar-refractivity contribution < 1.29 is 0 Å². The summed E-state index contributed by atoms with van der Waals surface area (Å²) in [6.07, 6.45) is 10.2. The van der Waals surface area contributed by atoms with Crippen molar-refractivity contribution in [1.82, 2.24) is 10.2 Å². The first-order valence-corrected chi connectivity index (χ1v) is 5.37. The van der Waals surface area contributed by atoms with E-state index in [-0.39, 0.29) is 0 Å². The van der Waals surface area contributed by atoms with Crippen molar-refractivity contribution in [2.24, 2.45) is 5.92 Å². The third kappa shape index (κ3) is 2.79. The van der Waals surface area contributed by atoms with Crippen LogP contribution in [0.3, 0.4) is 0 Å². The molecule has 0 spiro atoms. The highest BCUT2D eigenvalue weighted by atomic mass is 15.2. The van der Waals surface area contributed by atoms with Gasteiger partial charge >= 0.3 is 0 Å². The largest absolute Gasteiger partial charge is 0.339 e. The van der Waals surface area contributed by atoms with Crippen LogP contribution in [0.25, 0.3) is 0 Å². The highest BCUT2D eigenvalue weighted by molar-refractivity contribution is 5.46. The minimum absolute atomic E-state index is 0.425. The van der Waals surface area contributed by atoms with Crippen LogP contribution in [0.15, 0.2) is 53.9 Å². The summed E-state index contributed by atoms with van der Waals surface area (Å²) >= 11 is 0. The van der Waals surface area contributed by atoms with Crippen LogP contribution in [0, 0.1) is 5.92 Å². The topological polar surface area (TPSA) is 37.8 Å². The molecule has 1 N–H and O–H groups in total. The Morgan fingerprint density at radius 3 is 2.88 bits per heavy atom. The van der Waals surface area contributed by atoms with Gasteiger partial charge in [-0.1, -0.05) is 30.7 Å². The third-order valence-corrected chi connectivity index (χ3v) is 2.34. The number of aromatic nitrogens is 2. The summed E-state index contributed by atoms with van der Waals surface area (Å²) in [6, 6.07) is 3.76. The van der Waals surface area contributed by atoms with Crippen molar-refractivity contribution in [3.63, 3.8) is 0 Å². The highest BCUT2D eigenvalue weighted by Gasteiger charge is 2.02. The first kappa shape index (κ1) is 10.6. The molecule has 0 saturated heterocycles. The normalized spacial score (nSPS) is 19.8. The van der Waals surface area contributed by atoms with E-state index in [1.165, 1.54) is 5.57 Å². The maximum atomic E-state index is 3.99. The lowest BCUT2D eigenvalue weighted by Crippen LogP contribution is -2.00. The van der Waals surface area contributed by atoms with Crippen molar-refractivity contribution in [3.05, 3.63) is 53.9 Å². The Morgan fingerprint density at radius 1 is 1.25 bits per heavy atom. The van der Waals surface area contributed by atoms with Gasteiger partial charge in [0.05, 0.1) is 0 Å². The minimum atomic E-state index is 0.425. The molecule has 0 radical (unpaired) electrons. The molecule has 3 heteroatoms. The fraction of sp³-hybridized carbons (Fsp3) is 0.231. The van der Waals surface area contributed by atoms with Gasteiger partial charge in [0, 0.05) is 11.9 Å². The zero-order valence-corrected chi connectivity index (χ0v) is 9.51. The van der Waals surface area contributed by atoms with Crippen LogP contribution in [0.2, 0.25) is 0 Å². The molecule has 0 bridgehead atoms. The van der Waals surface area contributed by atoms with Crippen LogP contribution in [-0.2, 0) is 0 Å². The molecule has 1 atom stereocenters. The summed E-state index contributed by atoms with van der Waals surface area (Å²) < 4.78 is 0. The first-order chi connectivity index (χ1) is 7.74. The molecule has 0 saturated carbocycles. The van der Waals surface area contributed by atoms with E-state index >= 15 is 0 Å². The Hall–Kier alpha value is -1.90. The van der Waals surface area contributed by atoms with Crippen molar-refractivity contribution in [3.8, 4) is 0 Å². The lowest BCUT2D eigenvalue weighted by molar-refractivity contribution is 0.924. The third-order valence-electron chi connectivity index (χ3n) is 2.34. The number of hydrogen-bond donors (Lipinski definition) is 1. The van der Waals surface area contributed by atoms with E-state index < -0.39 is 0 Å². The molecular weight excluding hydrogens is 198 g/mol. The average Bonchev–Trinajstić information content (AvgIpc) is 2.41. The summed E-state index contributed by atoms with van der Waals surface area (Å²) in [7, 11) is 0. The summed E-state index contributed by atoms with van der Waals surface area (Å²) in [6.45, 7) is 4.26. The molecular formula is C13H15N3. The number of nitrogens with one attached hydrogen (secondary N) is 1. The molecule has 82 valence electrons. The number of rotatable bonds is 2. The fourth-order valence-corrected chi connectivity index (χ4v) is 1.68. The van der Waals surface area contributed by atoms with Crippen LogP contribution in [0.5, 0.6) is 0 Å². The van der Waals surface area contributed by atoms with E-state index in [0.29, 0.717) is 5.92 Å². The molecule has 1 unspecified atom stereocenters. The zero-order chi connectivity index (χ0) is 11.4. The Kier molecular flexibility index (Phi) is 3.15. The van der Waals surface area contributed by atoms with Gasteiger partial charge in [-0.2, -0.15) is 5.10 Å². The molecule has 0 aromatic carbocycles. The van der Waals surface area contributed by atoms with Crippen LogP contribution in [0.1, 0.15) is 13.8 Å². The predicted molar refractivity (Wildman–Crippen MR) is 65.8 cm³/mol. The molecule has 2 rings (SSSR count). The SMILES string of the molecule is CC1=CC(C)C=C(Nc2cccnn2)C=C1. The zero-order valence-electron chi connectivity index (χ0n) is 9.51. The average molecular weight is 213 g/mol. The second-order valence-corrected chi connectivity index (χ2v) is 3.96. The molecule has 16 heavy (non-hydrogen) atoms. The number of allylic oxidation sites excluding steroid dienone is 5. The Bertz CT molecular complexity index is 444. The van der Waals surface area contributed by atoms with Gasteiger partial charge in [0.25, 0.3) is 0 Å². The first-order valence-electron chi connectivity index (χ1n) is 5.37. The van der Waals surface area contributed by atoms with Gasteiger partial charge in [-0.3, -0.25) is 0 Å². The molecule has 1 aliphatic carbocycles. The summed E-state index contributed by atoms with van der Waals surface area (Å²) in [4.78, 5) is 0. The quantitative estimate of drug-likeness (QED) is 0.820. The predicted octanol–water partition coefficient (Wildman–Crippen LogP) is 2.92. The van der Waals surface area contributed by atoms with Gasteiger partial charge in [-0.25, -0.2) is 0 Å². The summed E-state index contributed by atoms with van der Waals surface area (Å²) in [5.41, 5.74) is 2.33. The monoisotopic (exact) mass is 213 g/mol. The van der Waals surface area contributed by atoms with E-state index in [1.54, 1.807) is 6.20 Å². The van der Waals surface area contributed by atoms with Crippen LogP contribution in [-0.4, -0.2) is 10.2 Å². The highest BCUT2D eigenvalue weighted by Crippen LogP contribution is 2.16. The van der Waals surface area contributed by atoms with Gasteiger partial charge in [-0.05, 0) is 31.1 Å². The second-order valence-electron chi connectivity index (χ2n) is 3.96. The Morgan fingerprint density at radius 2 is 2.12 bits per heavy atom. The fourth-order valence-electron chi connectivity index (χ4n) is 1.68. The van der Waals surface area contributed by atoms with E-state index in [1.807, 2.05) is 12.1 Å². The van der Waals surface area contributed by atoms with Crippen LogP contribution < -0.4 is 5.32 Å². The van der Waals surface area contributed by atoms with E-state index in [2.05, 4.69) is 53.7 Å². The van der Waals surface area contributed by atoms with Crippen molar-refractivity contribution in [1.29, 1.82) is 0 Å². The molecule has 1 heterocycles. The van der Waals surface area contributed by atoms with Gasteiger partial charge in [-0.15, -0.1) is 5.10 Å². The molecule has 1 aromatic rings. The number of nitrogens with zero attached hydrogens (tertiary/aromatic N) is 2. The summed E-state index contributed by atoms with van der Waals surface area (Å²) in [5, 5.41) is 11.1. The number of hydrogen-bond acceptors (Lipinski definition) is 3. The molecule has 1 aromatic heterocycles. The lowest BCUT2D eigenvalue weighted by atomic mass is 10.1. The Balaban J connectivity index is 2.15. The second kappa shape index (κ2) is 4.75. The van der Waals surface area contributed by atoms with E-state index in [9.17, 15) is 0 Å².